The summed E-state index contributed by atoms with van der Waals surface area (Å²) >= 11 is 0. The average molecular weight is 460 g/mol. The van der Waals surface area contributed by atoms with Crippen LogP contribution in [0, 0.1) is 5.92 Å². The van der Waals surface area contributed by atoms with Crippen LogP contribution in [0.25, 0.3) is 0 Å². The Balaban J connectivity index is 1.25. The van der Waals surface area contributed by atoms with Gasteiger partial charge in [-0.3, -0.25) is 9.69 Å². The second kappa shape index (κ2) is 10.6. The highest BCUT2D eigenvalue weighted by Crippen LogP contribution is 2.34. The summed E-state index contributed by atoms with van der Waals surface area (Å²) in [5.41, 5.74) is 0.749. The van der Waals surface area contributed by atoms with Gasteiger partial charge in [-0.1, -0.05) is 6.07 Å². The first kappa shape index (κ1) is 22.9. The number of fused-ring (bicyclic) bond motifs is 1. The maximum Gasteiger partial charge on any atom is 0.224 e. The molecule has 5 rings (SSSR count). The van der Waals surface area contributed by atoms with E-state index in [9.17, 15) is 9.90 Å². The molecule has 8 heteroatoms. The monoisotopic (exact) mass is 459 g/mol. The molecule has 3 saturated heterocycles. The van der Waals surface area contributed by atoms with Crippen molar-refractivity contribution in [2.24, 2.45) is 5.92 Å². The number of likely N-dealkylation sites (tertiary alicyclic amines) is 2. The molecule has 0 saturated carbocycles. The predicted octanol–water partition coefficient (Wildman–Crippen LogP) is 1.57. The summed E-state index contributed by atoms with van der Waals surface area (Å²) in [5, 5.41) is 14.6. The number of hydrogen-bond acceptors (Lipinski definition) is 7. The molecule has 4 heterocycles. The fourth-order valence-corrected chi connectivity index (χ4v) is 5.63. The van der Waals surface area contributed by atoms with Crippen molar-refractivity contribution < 1.29 is 24.1 Å². The zero-order valence-electron chi connectivity index (χ0n) is 19.4. The van der Waals surface area contributed by atoms with Gasteiger partial charge in [0, 0.05) is 32.3 Å². The Bertz CT molecular complexity index is 809. The molecule has 0 radical (unpaired) electrons. The molecule has 0 bridgehead atoms. The van der Waals surface area contributed by atoms with Crippen LogP contribution >= 0.6 is 0 Å². The highest BCUT2D eigenvalue weighted by atomic mass is 16.6. The summed E-state index contributed by atoms with van der Waals surface area (Å²) in [5.74, 6) is 1.40. The highest BCUT2D eigenvalue weighted by Gasteiger charge is 2.35. The Morgan fingerprint density at radius 1 is 1.03 bits per heavy atom. The molecule has 3 atom stereocenters. The minimum absolute atomic E-state index is 0.0265. The van der Waals surface area contributed by atoms with Gasteiger partial charge in [0.25, 0.3) is 0 Å². The largest absolute Gasteiger partial charge is 0.486 e. The topological polar surface area (TPSA) is 83.5 Å². The number of carbonyl (C=O) groups excluding carboxylic acids is 1. The van der Waals surface area contributed by atoms with E-state index in [1.165, 1.54) is 12.8 Å². The molecular weight excluding hydrogens is 422 g/mol. The number of carbonyl (C=O) groups is 1. The molecule has 1 aromatic rings. The predicted molar refractivity (Wildman–Crippen MR) is 124 cm³/mol. The Hall–Kier alpha value is -1.87. The Kier molecular flexibility index (Phi) is 7.35. The minimum Gasteiger partial charge on any atom is -0.486 e. The lowest BCUT2D eigenvalue weighted by Gasteiger charge is -2.32. The normalized spacial score (nSPS) is 26.3. The van der Waals surface area contributed by atoms with Gasteiger partial charge in [0.1, 0.15) is 19.3 Å². The van der Waals surface area contributed by atoms with E-state index in [1.807, 2.05) is 18.2 Å². The molecule has 1 amide bonds. The molecule has 182 valence electrons. The molecule has 8 nitrogen and oxygen atoms in total. The highest BCUT2D eigenvalue weighted by molar-refractivity contribution is 5.79. The fourth-order valence-electron chi connectivity index (χ4n) is 5.63. The van der Waals surface area contributed by atoms with Crippen LogP contribution in [0.15, 0.2) is 18.2 Å². The number of amides is 1. The van der Waals surface area contributed by atoms with Gasteiger partial charge in [0.05, 0.1) is 12.0 Å². The smallest absolute Gasteiger partial charge is 0.224 e. The molecule has 3 fully saturated rings. The van der Waals surface area contributed by atoms with Crippen molar-refractivity contribution in [3.63, 3.8) is 0 Å². The molecule has 0 aromatic heterocycles. The van der Waals surface area contributed by atoms with Crippen molar-refractivity contribution >= 4 is 5.91 Å². The lowest BCUT2D eigenvalue weighted by molar-refractivity contribution is -0.126. The van der Waals surface area contributed by atoms with Gasteiger partial charge in [-0.25, -0.2) is 0 Å². The minimum atomic E-state index is -0.807. The van der Waals surface area contributed by atoms with E-state index in [2.05, 4.69) is 15.1 Å². The maximum absolute atomic E-state index is 13.3. The first-order valence-electron chi connectivity index (χ1n) is 12.6. The third kappa shape index (κ3) is 5.45. The maximum atomic E-state index is 13.3. The Morgan fingerprint density at radius 2 is 1.79 bits per heavy atom. The van der Waals surface area contributed by atoms with E-state index in [0.717, 1.165) is 64.2 Å². The van der Waals surface area contributed by atoms with E-state index in [0.29, 0.717) is 37.3 Å². The quantitative estimate of drug-likeness (QED) is 0.640. The number of rotatable bonds is 7. The zero-order valence-corrected chi connectivity index (χ0v) is 19.4. The number of aliphatic hydroxyl groups is 1. The summed E-state index contributed by atoms with van der Waals surface area (Å²) in [6.45, 7) is 7.12. The summed E-state index contributed by atoms with van der Waals surface area (Å²) in [6, 6.07) is 5.74. The third-order valence-corrected chi connectivity index (χ3v) is 7.57. The molecule has 1 aromatic carbocycles. The second-order valence-electron chi connectivity index (χ2n) is 9.79. The van der Waals surface area contributed by atoms with Crippen molar-refractivity contribution in [1.29, 1.82) is 0 Å². The Morgan fingerprint density at radius 3 is 2.58 bits per heavy atom. The average Bonchev–Trinajstić information content (AvgIpc) is 3.56. The number of hydrogen-bond donors (Lipinski definition) is 2. The zero-order chi connectivity index (χ0) is 22.6. The molecule has 2 N–H and O–H groups in total. The van der Waals surface area contributed by atoms with Gasteiger partial charge < -0.3 is 29.5 Å². The standard InChI is InChI=1S/C25H37N3O5/c29-24(18-3-4-22-23(15-18)33-14-13-32-22)21(17-27-8-1-2-9-27)26-25(30)19-5-10-28(16-19)20-6-11-31-12-7-20/h3-4,15,19-21,24,29H,1-2,5-14,16-17H2,(H,26,30). The van der Waals surface area contributed by atoms with E-state index in [4.69, 9.17) is 14.2 Å². The van der Waals surface area contributed by atoms with Crippen LogP contribution in [-0.4, -0.2) is 92.0 Å². The molecule has 0 aliphatic carbocycles. The molecule has 3 unspecified atom stereocenters. The molecular formula is C25H37N3O5. The van der Waals surface area contributed by atoms with Crippen LogP contribution in [0.3, 0.4) is 0 Å². The van der Waals surface area contributed by atoms with Gasteiger partial charge in [-0.05, 0) is 69.4 Å². The third-order valence-electron chi connectivity index (χ3n) is 7.57. The van der Waals surface area contributed by atoms with Crippen LogP contribution in [-0.2, 0) is 9.53 Å². The second-order valence-corrected chi connectivity index (χ2v) is 9.79. The summed E-state index contributed by atoms with van der Waals surface area (Å²) < 4.78 is 16.8. The number of nitrogens with zero attached hydrogens (tertiary/aromatic N) is 2. The number of nitrogens with one attached hydrogen (secondary N) is 1. The van der Waals surface area contributed by atoms with Gasteiger partial charge in [-0.15, -0.1) is 0 Å². The fraction of sp³-hybridized carbons (Fsp3) is 0.720. The SMILES string of the molecule is O=C(NC(CN1CCCC1)C(O)c1ccc2c(c1)OCCO2)C1CCN(C2CCOCC2)C1. The van der Waals surface area contributed by atoms with E-state index >= 15 is 0 Å². The van der Waals surface area contributed by atoms with Crippen LogP contribution in [0.2, 0.25) is 0 Å². The lowest BCUT2D eigenvalue weighted by atomic mass is 9.99. The first-order chi connectivity index (χ1) is 16.2. The van der Waals surface area contributed by atoms with Gasteiger partial charge >= 0.3 is 0 Å². The van der Waals surface area contributed by atoms with Crippen LogP contribution < -0.4 is 14.8 Å². The van der Waals surface area contributed by atoms with E-state index < -0.39 is 6.10 Å². The van der Waals surface area contributed by atoms with Gasteiger partial charge in [0.2, 0.25) is 5.91 Å². The summed E-state index contributed by atoms with van der Waals surface area (Å²) in [4.78, 5) is 18.1. The van der Waals surface area contributed by atoms with E-state index in [-0.39, 0.29) is 17.9 Å². The van der Waals surface area contributed by atoms with Crippen LogP contribution in [0.5, 0.6) is 11.5 Å². The van der Waals surface area contributed by atoms with E-state index in [1.54, 1.807) is 0 Å². The van der Waals surface area contributed by atoms with Crippen molar-refractivity contribution in [1.82, 2.24) is 15.1 Å². The molecule has 33 heavy (non-hydrogen) atoms. The summed E-state index contributed by atoms with van der Waals surface area (Å²) in [7, 11) is 0. The van der Waals surface area contributed by atoms with Crippen LogP contribution in [0.4, 0.5) is 0 Å². The van der Waals surface area contributed by atoms with Crippen molar-refractivity contribution in [3.8, 4) is 11.5 Å². The first-order valence-corrected chi connectivity index (χ1v) is 12.6. The number of aliphatic hydroxyl groups excluding tert-OH is 1. The van der Waals surface area contributed by atoms with Gasteiger partial charge in [-0.2, -0.15) is 0 Å². The molecule has 4 aliphatic heterocycles. The Labute approximate surface area is 196 Å². The van der Waals surface area contributed by atoms with Crippen molar-refractivity contribution in [3.05, 3.63) is 23.8 Å². The van der Waals surface area contributed by atoms with Gasteiger partial charge in [0.15, 0.2) is 11.5 Å². The number of benzene rings is 1. The van der Waals surface area contributed by atoms with Crippen LogP contribution in [0.1, 0.15) is 43.8 Å². The molecule has 0 spiro atoms. The molecule has 4 aliphatic rings. The number of ether oxygens (including phenoxy) is 3. The lowest BCUT2D eigenvalue weighted by Crippen LogP contribution is -2.49. The van der Waals surface area contributed by atoms with Crippen molar-refractivity contribution in [2.75, 3.05) is 59.2 Å². The summed E-state index contributed by atoms with van der Waals surface area (Å²) in [6.07, 6.45) is 4.51. The van der Waals surface area contributed by atoms with Crippen molar-refractivity contribution in [2.45, 2.75) is 50.3 Å².